The third-order valence-electron chi connectivity index (χ3n) is 2.30. The number of carboxylic acid groups (broad SMARTS) is 1. The largest absolute Gasteiger partial charge is 0.479 e. The molecule has 0 heterocycles. The predicted molar refractivity (Wildman–Crippen MR) is 71.1 cm³/mol. The Morgan fingerprint density at radius 3 is 2.50 bits per heavy atom. The lowest BCUT2D eigenvalue weighted by Crippen LogP contribution is -2.10. The Morgan fingerprint density at radius 1 is 1.15 bits per heavy atom. The fourth-order valence-corrected chi connectivity index (χ4v) is 1.58. The summed E-state index contributed by atoms with van der Waals surface area (Å²) in [6.07, 6.45) is 0. The van der Waals surface area contributed by atoms with E-state index in [4.69, 9.17) is 26.2 Å². The van der Waals surface area contributed by atoms with Crippen LogP contribution in [0.4, 0.5) is 4.39 Å². The van der Waals surface area contributed by atoms with Crippen molar-refractivity contribution in [1.29, 1.82) is 0 Å². The molecule has 0 unspecified atom stereocenters. The van der Waals surface area contributed by atoms with E-state index in [1.54, 1.807) is 24.3 Å². The lowest BCUT2D eigenvalue weighted by Gasteiger charge is -2.11. The molecule has 6 heteroatoms. The van der Waals surface area contributed by atoms with Crippen molar-refractivity contribution in [2.24, 2.45) is 0 Å². The number of benzene rings is 2. The van der Waals surface area contributed by atoms with Gasteiger partial charge in [0.15, 0.2) is 18.1 Å². The van der Waals surface area contributed by atoms with Crippen molar-refractivity contribution in [3.8, 4) is 17.2 Å². The van der Waals surface area contributed by atoms with Crippen molar-refractivity contribution >= 4 is 17.6 Å². The Morgan fingerprint density at radius 2 is 1.85 bits per heavy atom. The molecule has 20 heavy (non-hydrogen) atoms. The molecule has 0 fully saturated rings. The van der Waals surface area contributed by atoms with Crippen LogP contribution in [0.15, 0.2) is 42.5 Å². The summed E-state index contributed by atoms with van der Waals surface area (Å²) in [5.74, 6) is -0.985. The van der Waals surface area contributed by atoms with Crippen LogP contribution in [-0.2, 0) is 4.79 Å². The molecule has 2 aromatic carbocycles. The smallest absolute Gasteiger partial charge is 0.341 e. The van der Waals surface area contributed by atoms with Crippen LogP contribution in [0.1, 0.15) is 0 Å². The third-order valence-corrected chi connectivity index (χ3v) is 2.55. The zero-order valence-corrected chi connectivity index (χ0v) is 10.9. The topological polar surface area (TPSA) is 55.8 Å². The maximum Gasteiger partial charge on any atom is 0.341 e. The summed E-state index contributed by atoms with van der Waals surface area (Å²) in [4.78, 5) is 10.5. The van der Waals surface area contributed by atoms with Gasteiger partial charge >= 0.3 is 5.97 Å². The van der Waals surface area contributed by atoms with Gasteiger partial charge in [-0.3, -0.25) is 0 Å². The Kier molecular flexibility index (Phi) is 4.42. The van der Waals surface area contributed by atoms with Gasteiger partial charge in [-0.1, -0.05) is 11.6 Å². The lowest BCUT2D eigenvalue weighted by molar-refractivity contribution is -0.139. The predicted octanol–water partition coefficient (Wildman–Crippen LogP) is 3.73. The van der Waals surface area contributed by atoms with Gasteiger partial charge in [0.2, 0.25) is 0 Å². The highest BCUT2D eigenvalue weighted by atomic mass is 35.5. The molecular weight excluding hydrogens is 287 g/mol. The van der Waals surface area contributed by atoms with Crippen LogP contribution in [0, 0.1) is 5.82 Å². The minimum absolute atomic E-state index is 0.0913. The molecule has 0 radical (unpaired) electrons. The van der Waals surface area contributed by atoms with Crippen molar-refractivity contribution < 1.29 is 23.8 Å². The van der Waals surface area contributed by atoms with Gasteiger partial charge in [0.05, 0.1) is 0 Å². The van der Waals surface area contributed by atoms with Gasteiger partial charge in [-0.2, -0.15) is 0 Å². The summed E-state index contributed by atoms with van der Waals surface area (Å²) >= 11 is 5.75. The first kappa shape index (κ1) is 14.1. The molecule has 0 aliphatic rings. The summed E-state index contributed by atoms with van der Waals surface area (Å²) in [5.41, 5.74) is 0. The van der Waals surface area contributed by atoms with Crippen LogP contribution in [0.5, 0.6) is 17.2 Å². The van der Waals surface area contributed by atoms with Gasteiger partial charge in [0.1, 0.15) is 11.6 Å². The summed E-state index contributed by atoms with van der Waals surface area (Å²) in [5, 5.41) is 9.13. The zero-order valence-electron chi connectivity index (χ0n) is 10.2. The van der Waals surface area contributed by atoms with Crippen LogP contribution in [-0.4, -0.2) is 17.7 Å². The number of rotatable bonds is 5. The number of hydrogen-bond donors (Lipinski definition) is 1. The first-order valence-corrected chi connectivity index (χ1v) is 6.00. The Balaban J connectivity index is 2.22. The minimum Gasteiger partial charge on any atom is -0.479 e. The van der Waals surface area contributed by atoms with Crippen molar-refractivity contribution in [2.75, 3.05) is 6.61 Å². The van der Waals surface area contributed by atoms with Gasteiger partial charge in [-0.15, -0.1) is 0 Å². The van der Waals surface area contributed by atoms with Crippen LogP contribution in [0.3, 0.4) is 0 Å². The molecule has 0 bridgehead atoms. The van der Waals surface area contributed by atoms with E-state index >= 15 is 0 Å². The molecule has 0 aliphatic heterocycles. The molecular formula is C14H10ClFO4. The quantitative estimate of drug-likeness (QED) is 0.913. The molecule has 0 aliphatic carbocycles. The van der Waals surface area contributed by atoms with E-state index in [2.05, 4.69) is 0 Å². The van der Waals surface area contributed by atoms with Gasteiger partial charge in [-0.25, -0.2) is 9.18 Å². The van der Waals surface area contributed by atoms with Crippen LogP contribution in [0.2, 0.25) is 5.02 Å². The lowest BCUT2D eigenvalue weighted by atomic mass is 10.3. The number of halogens is 2. The van der Waals surface area contributed by atoms with Crippen molar-refractivity contribution in [2.45, 2.75) is 0 Å². The Labute approximate surface area is 119 Å². The minimum atomic E-state index is -1.13. The zero-order chi connectivity index (χ0) is 14.5. The molecule has 104 valence electrons. The highest BCUT2D eigenvalue weighted by Gasteiger charge is 2.10. The van der Waals surface area contributed by atoms with Crippen LogP contribution < -0.4 is 9.47 Å². The second-order valence-electron chi connectivity index (χ2n) is 3.83. The monoisotopic (exact) mass is 296 g/mol. The summed E-state index contributed by atoms with van der Waals surface area (Å²) in [6, 6.07) is 10.0. The molecule has 1 N–H and O–H groups in total. The molecule has 2 aromatic rings. The van der Waals surface area contributed by atoms with Gasteiger partial charge in [0, 0.05) is 11.1 Å². The second kappa shape index (κ2) is 6.25. The maximum atomic E-state index is 13.2. The first-order chi connectivity index (χ1) is 9.54. The molecule has 0 atom stereocenters. The number of aliphatic carboxylic acids is 1. The standard InChI is InChI=1S/C14H10ClFO4/c15-9-1-4-11(5-2-9)20-13-7-10(16)3-6-12(13)19-8-14(17)18/h1-7H,8H2,(H,17,18). The number of carbonyl (C=O) groups is 1. The van der Waals surface area contributed by atoms with Crippen LogP contribution in [0.25, 0.3) is 0 Å². The van der Waals surface area contributed by atoms with E-state index < -0.39 is 18.4 Å². The maximum absolute atomic E-state index is 13.2. The Hall–Kier alpha value is -2.27. The van der Waals surface area contributed by atoms with E-state index in [1.807, 2.05) is 0 Å². The summed E-state index contributed by atoms with van der Waals surface area (Å²) in [7, 11) is 0. The molecule has 4 nitrogen and oxygen atoms in total. The van der Waals surface area contributed by atoms with Gasteiger partial charge in [0.25, 0.3) is 0 Å². The highest BCUT2D eigenvalue weighted by molar-refractivity contribution is 6.30. The Bertz CT molecular complexity index is 613. The fourth-order valence-electron chi connectivity index (χ4n) is 1.45. The van der Waals surface area contributed by atoms with E-state index in [9.17, 15) is 9.18 Å². The average molecular weight is 297 g/mol. The molecule has 0 amide bonds. The summed E-state index contributed by atoms with van der Waals surface area (Å²) in [6.45, 7) is -0.539. The van der Waals surface area contributed by atoms with E-state index in [0.717, 1.165) is 12.1 Å². The molecule has 2 rings (SSSR count). The molecule has 0 spiro atoms. The average Bonchev–Trinajstić information content (AvgIpc) is 2.40. The first-order valence-electron chi connectivity index (χ1n) is 5.62. The third kappa shape index (κ3) is 3.86. The fraction of sp³-hybridized carbons (Fsp3) is 0.0714. The summed E-state index contributed by atoms with van der Waals surface area (Å²) < 4.78 is 23.7. The van der Waals surface area contributed by atoms with E-state index in [-0.39, 0.29) is 11.5 Å². The van der Waals surface area contributed by atoms with E-state index in [0.29, 0.717) is 10.8 Å². The number of carboxylic acids is 1. The second-order valence-corrected chi connectivity index (χ2v) is 4.27. The highest BCUT2D eigenvalue weighted by Crippen LogP contribution is 2.32. The number of hydrogen-bond acceptors (Lipinski definition) is 3. The van der Waals surface area contributed by atoms with Crippen molar-refractivity contribution in [3.63, 3.8) is 0 Å². The number of ether oxygens (including phenoxy) is 2. The molecule has 0 saturated heterocycles. The normalized spacial score (nSPS) is 10.1. The molecule has 0 aromatic heterocycles. The molecule has 0 saturated carbocycles. The van der Waals surface area contributed by atoms with E-state index in [1.165, 1.54) is 6.07 Å². The van der Waals surface area contributed by atoms with Gasteiger partial charge < -0.3 is 14.6 Å². The SMILES string of the molecule is O=C(O)COc1ccc(F)cc1Oc1ccc(Cl)cc1. The van der Waals surface area contributed by atoms with Crippen LogP contribution >= 0.6 is 11.6 Å². The van der Waals surface area contributed by atoms with Crippen molar-refractivity contribution in [1.82, 2.24) is 0 Å². The van der Waals surface area contributed by atoms with Gasteiger partial charge in [-0.05, 0) is 36.4 Å². The van der Waals surface area contributed by atoms with Crippen molar-refractivity contribution in [3.05, 3.63) is 53.3 Å².